The van der Waals surface area contributed by atoms with Crippen LogP contribution in [0.25, 0.3) is 0 Å². The fourth-order valence-electron chi connectivity index (χ4n) is 0.740. The van der Waals surface area contributed by atoms with Crippen molar-refractivity contribution in [3.05, 3.63) is 0 Å². The van der Waals surface area contributed by atoms with Crippen LogP contribution in [0.5, 0.6) is 0 Å². The number of carbonyl (C=O) groups excluding carboxylic acids is 4. The Morgan fingerprint density at radius 2 is 0.706 bits per heavy atom. The SMILES string of the molecule is CC(=[OH+])CC(C)=[OH+].CC(=[OH+])CC(C)=[OH+].[Ni].[OH-].[OH-]. The monoisotopic (exact) mass is 296 g/mol. The van der Waals surface area contributed by atoms with Crippen LogP contribution in [0, 0.1) is 0 Å². The zero-order valence-electron chi connectivity index (χ0n) is 10.4. The van der Waals surface area contributed by atoms with Gasteiger partial charge in [0.25, 0.3) is 0 Å². The van der Waals surface area contributed by atoms with Crippen molar-refractivity contribution < 1.29 is 46.6 Å². The van der Waals surface area contributed by atoms with Gasteiger partial charge in [0.05, 0.1) is 0 Å². The van der Waals surface area contributed by atoms with Crippen LogP contribution in [0.15, 0.2) is 0 Å². The van der Waals surface area contributed by atoms with E-state index >= 15 is 0 Å². The molecular weight excluding hydrogens is 275 g/mol. The second-order valence-electron chi connectivity index (χ2n) is 3.29. The van der Waals surface area contributed by atoms with Crippen molar-refractivity contribution >= 4 is 23.1 Å². The zero-order valence-corrected chi connectivity index (χ0v) is 11.4. The zero-order chi connectivity index (χ0) is 11.7. The van der Waals surface area contributed by atoms with E-state index in [0.717, 1.165) is 0 Å². The fraction of sp³-hybridized carbons (Fsp3) is 0.600. The van der Waals surface area contributed by atoms with E-state index < -0.39 is 0 Å². The maximum absolute atomic E-state index is 8.46. The normalized spacial score (nSPS) is 6.82. The van der Waals surface area contributed by atoms with Gasteiger partial charge in [0.15, 0.2) is 12.8 Å². The Hall–Kier alpha value is -0.906. The molecule has 0 aromatic rings. The molecule has 0 aliphatic carbocycles. The van der Waals surface area contributed by atoms with Crippen molar-refractivity contribution in [1.29, 1.82) is 0 Å². The van der Waals surface area contributed by atoms with Crippen molar-refractivity contribution in [3.8, 4) is 0 Å². The van der Waals surface area contributed by atoms with Crippen LogP contribution in [-0.2, 0) is 16.5 Å². The minimum absolute atomic E-state index is 0. The maximum Gasteiger partial charge on any atom is 0.302 e. The molecule has 0 aromatic carbocycles. The summed E-state index contributed by atoms with van der Waals surface area (Å²) >= 11 is 0. The van der Waals surface area contributed by atoms with Gasteiger partial charge >= 0.3 is 23.1 Å². The molecular formula is C10H22NiO6+2. The van der Waals surface area contributed by atoms with Gasteiger partial charge in [-0.25, -0.2) is 0 Å². The summed E-state index contributed by atoms with van der Waals surface area (Å²) < 4.78 is 0. The quantitative estimate of drug-likeness (QED) is 0.426. The largest absolute Gasteiger partial charge is 0.870 e. The molecule has 0 rings (SSSR count). The summed E-state index contributed by atoms with van der Waals surface area (Å²) in [7, 11) is 0. The van der Waals surface area contributed by atoms with Gasteiger partial charge in [0.2, 0.25) is 0 Å². The summed E-state index contributed by atoms with van der Waals surface area (Å²) in [5.41, 5.74) is 0. The van der Waals surface area contributed by atoms with E-state index in [9.17, 15) is 0 Å². The Kier molecular flexibility index (Phi) is 30.6. The third-order valence-electron chi connectivity index (χ3n) is 1.02. The van der Waals surface area contributed by atoms with Crippen LogP contribution in [0.1, 0.15) is 40.5 Å². The minimum Gasteiger partial charge on any atom is -0.870 e. The van der Waals surface area contributed by atoms with Crippen LogP contribution in [0.3, 0.4) is 0 Å². The van der Waals surface area contributed by atoms with Gasteiger partial charge < -0.3 is 11.0 Å². The van der Waals surface area contributed by atoms with Gasteiger partial charge in [-0.15, -0.1) is 0 Å². The molecule has 17 heavy (non-hydrogen) atoms. The summed E-state index contributed by atoms with van der Waals surface area (Å²) in [6, 6.07) is 0. The van der Waals surface area contributed by atoms with Gasteiger partial charge in [-0.05, 0) is 0 Å². The molecule has 0 amide bonds. The second-order valence-corrected chi connectivity index (χ2v) is 3.29. The van der Waals surface area contributed by atoms with Crippen LogP contribution in [-0.4, -0.2) is 53.3 Å². The fourth-order valence-corrected chi connectivity index (χ4v) is 0.740. The van der Waals surface area contributed by atoms with E-state index in [1.807, 2.05) is 0 Å². The minimum atomic E-state index is 0. The van der Waals surface area contributed by atoms with Gasteiger partial charge in [-0.1, -0.05) is 0 Å². The molecule has 0 aromatic heterocycles. The molecule has 0 radical (unpaired) electrons. The third kappa shape index (κ3) is 51.4. The number of hydrogen-bond donors (Lipinski definition) is 0. The molecule has 0 aliphatic rings. The molecule has 6 N–H and O–H groups in total. The molecule has 7 heteroatoms. The van der Waals surface area contributed by atoms with E-state index in [1.165, 1.54) is 0 Å². The summed E-state index contributed by atoms with van der Waals surface area (Å²) in [5.74, 6) is 1.00. The van der Waals surface area contributed by atoms with E-state index in [-0.39, 0.29) is 50.6 Å². The van der Waals surface area contributed by atoms with Crippen LogP contribution in [0.4, 0.5) is 0 Å². The maximum atomic E-state index is 8.46. The molecule has 106 valence electrons. The Bertz CT molecular complexity index is 199. The molecule has 0 unspecified atom stereocenters. The number of rotatable bonds is 4. The predicted octanol–water partition coefficient (Wildman–Crippen LogP) is 0.656. The summed E-state index contributed by atoms with van der Waals surface area (Å²) in [6.45, 7) is 6.22. The molecule has 0 spiro atoms. The van der Waals surface area contributed by atoms with Crippen LogP contribution in [0.2, 0.25) is 0 Å². The predicted molar refractivity (Wildman–Crippen MR) is 63.6 cm³/mol. The summed E-state index contributed by atoms with van der Waals surface area (Å²) in [4.78, 5) is 33.8. The van der Waals surface area contributed by atoms with E-state index in [2.05, 4.69) is 0 Å². The smallest absolute Gasteiger partial charge is 0.302 e. The summed E-state index contributed by atoms with van der Waals surface area (Å²) in [6.07, 6.45) is 0.611. The molecule has 6 nitrogen and oxygen atoms in total. The Balaban J connectivity index is -0.0000000480. The topological polar surface area (TPSA) is 146 Å². The van der Waals surface area contributed by atoms with Gasteiger partial charge in [-0.2, -0.15) is 0 Å². The van der Waals surface area contributed by atoms with Crippen LogP contribution >= 0.6 is 0 Å². The number of hydrogen-bond acceptors (Lipinski definition) is 2. The van der Waals surface area contributed by atoms with E-state index in [1.54, 1.807) is 27.7 Å². The first-order chi connectivity index (χ1) is 6.25. The average Bonchev–Trinajstić information content (AvgIpc) is 1.79. The third-order valence-corrected chi connectivity index (χ3v) is 1.02. The van der Waals surface area contributed by atoms with E-state index in [4.69, 9.17) is 19.2 Å². The molecule has 0 atom stereocenters. The van der Waals surface area contributed by atoms with Crippen molar-refractivity contribution in [1.82, 2.24) is 0 Å². The Morgan fingerprint density at radius 3 is 0.706 bits per heavy atom. The van der Waals surface area contributed by atoms with Crippen LogP contribution < -0.4 is 0 Å². The molecule has 0 heterocycles. The molecule has 0 saturated heterocycles. The van der Waals surface area contributed by atoms with Gasteiger partial charge in [0.1, 0.15) is 0 Å². The first-order valence-electron chi connectivity index (χ1n) is 4.31. The number of ketones is 4. The first kappa shape index (κ1) is 29.8. The first-order valence-corrected chi connectivity index (χ1v) is 4.31. The molecule has 0 saturated carbocycles. The van der Waals surface area contributed by atoms with Crippen molar-refractivity contribution in [3.63, 3.8) is 0 Å². The summed E-state index contributed by atoms with van der Waals surface area (Å²) in [5, 5.41) is 0. The van der Waals surface area contributed by atoms with E-state index in [0.29, 0.717) is 12.8 Å². The van der Waals surface area contributed by atoms with Gasteiger partial charge in [-0.3, -0.25) is 19.2 Å². The standard InChI is InChI=1S/2C5H8O2.Ni.2H2O/c2*1-4(6)3-5(2)7;;;/h2*3H2,1-2H3;;2*1H2/p+2. The molecule has 0 fully saturated rings. The second kappa shape index (κ2) is 17.5. The van der Waals surface area contributed by atoms with Crippen molar-refractivity contribution in [2.75, 3.05) is 0 Å². The molecule has 0 bridgehead atoms. The Morgan fingerprint density at radius 1 is 0.588 bits per heavy atom. The van der Waals surface area contributed by atoms with Gasteiger partial charge in [0, 0.05) is 44.2 Å². The molecule has 0 aliphatic heterocycles. The Labute approximate surface area is 111 Å². The average molecular weight is 297 g/mol. The van der Waals surface area contributed by atoms with Crippen molar-refractivity contribution in [2.45, 2.75) is 40.5 Å². The van der Waals surface area contributed by atoms with Crippen molar-refractivity contribution in [2.24, 2.45) is 0 Å².